The van der Waals surface area contributed by atoms with E-state index in [4.69, 9.17) is 0 Å². The number of aliphatic hydroxyl groups excluding tert-OH is 2. The number of imidazole rings is 1. The molecule has 6 nitrogen and oxygen atoms in total. The van der Waals surface area contributed by atoms with E-state index < -0.39 is 5.41 Å². The van der Waals surface area contributed by atoms with E-state index in [-0.39, 0.29) is 13.2 Å². The molecule has 0 atom stereocenters. The molecular weight excluding hydrogens is 268 g/mol. The molecule has 114 valence electrons. The number of rotatable bonds is 7. The summed E-state index contributed by atoms with van der Waals surface area (Å²) in [5.74, 6) is 0.828. The maximum absolute atomic E-state index is 9.33. The molecule has 0 saturated carbocycles. The quantitative estimate of drug-likeness (QED) is 0.785. The molecule has 6 heteroatoms. The highest BCUT2D eigenvalue weighted by atomic mass is 16.3. The zero-order chi connectivity index (χ0) is 15.3. The highest BCUT2D eigenvalue weighted by Crippen LogP contribution is 2.17. The summed E-state index contributed by atoms with van der Waals surface area (Å²) in [6.45, 7) is 3.12. The molecule has 0 aromatic carbocycles. The second kappa shape index (κ2) is 6.80. The van der Waals surface area contributed by atoms with Crippen molar-refractivity contribution in [2.45, 2.75) is 13.5 Å². The summed E-state index contributed by atoms with van der Waals surface area (Å²) in [4.78, 5) is 10.5. The Morgan fingerprint density at radius 2 is 2.05 bits per heavy atom. The average Bonchev–Trinajstić information content (AvgIpc) is 3.02. The molecule has 0 radical (unpaired) electrons. The van der Waals surface area contributed by atoms with Crippen molar-refractivity contribution in [1.29, 1.82) is 0 Å². The van der Waals surface area contributed by atoms with Gasteiger partial charge in [-0.3, -0.25) is 4.57 Å². The van der Waals surface area contributed by atoms with Crippen molar-refractivity contribution < 1.29 is 10.2 Å². The molecule has 0 saturated heterocycles. The lowest BCUT2D eigenvalue weighted by molar-refractivity contribution is 0.0402. The van der Waals surface area contributed by atoms with E-state index in [2.05, 4.69) is 14.9 Å². The van der Waals surface area contributed by atoms with Gasteiger partial charge in [0.25, 0.3) is 0 Å². The van der Waals surface area contributed by atoms with Crippen molar-refractivity contribution in [3.05, 3.63) is 42.6 Å². The van der Waals surface area contributed by atoms with Gasteiger partial charge in [0.1, 0.15) is 12.1 Å². The third-order valence-electron chi connectivity index (χ3n) is 3.45. The first kappa shape index (κ1) is 15.6. The molecule has 2 aromatic heterocycles. The Hall–Kier alpha value is -1.76. The van der Waals surface area contributed by atoms with Gasteiger partial charge in [-0.2, -0.15) is 0 Å². The first-order valence-electron chi connectivity index (χ1n) is 6.90. The molecule has 0 fully saturated rings. The van der Waals surface area contributed by atoms with Gasteiger partial charge in [-0.15, -0.1) is 0 Å². The Labute approximate surface area is 124 Å². The van der Waals surface area contributed by atoms with Crippen molar-refractivity contribution in [1.82, 2.24) is 19.4 Å². The van der Waals surface area contributed by atoms with Gasteiger partial charge >= 0.3 is 0 Å². The van der Waals surface area contributed by atoms with Crippen LogP contribution in [0.3, 0.4) is 0 Å². The van der Waals surface area contributed by atoms with E-state index >= 15 is 0 Å². The summed E-state index contributed by atoms with van der Waals surface area (Å²) in [6.07, 6.45) is 7.11. The van der Waals surface area contributed by atoms with Crippen LogP contribution < -0.4 is 0 Å². The van der Waals surface area contributed by atoms with Crippen LogP contribution in [-0.2, 0) is 6.54 Å². The first-order valence-corrected chi connectivity index (χ1v) is 6.90. The maximum atomic E-state index is 9.33. The number of hydrogen-bond acceptors (Lipinski definition) is 5. The van der Waals surface area contributed by atoms with E-state index in [1.165, 1.54) is 0 Å². The Kier molecular flexibility index (Phi) is 5.06. The van der Waals surface area contributed by atoms with Gasteiger partial charge in [-0.1, -0.05) is 13.0 Å². The Bertz CT molecular complexity index is 535. The molecule has 2 heterocycles. The first-order chi connectivity index (χ1) is 10.1. The number of pyridine rings is 1. The van der Waals surface area contributed by atoms with E-state index in [1.54, 1.807) is 12.5 Å². The fourth-order valence-corrected chi connectivity index (χ4v) is 2.23. The zero-order valence-corrected chi connectivity index (χ0v) is 12.5. The van der Waals surface area contributed by atoms with Crippen molar-refractivity contribution >= 4 is 0 Å². The van der Waals surface area contributed by atoms with Crippen LogP contribution in [0.15, 0.2) is 37.1 Å². The van der Waals surface area contributed by atoms with Crippen LogP contribution >= 0.6 is 0 Å². The largest absolute Gasteiger partial charge is 0.396 e. The number of nitrogens with zero attached hydrogens (tertiary/aromatic N) is 4. The van der Waals surface area contributed by atoms with Crippen LogP contribution in [0.4, 0.5) is 0 Å². The minimum atomic E-state index is -0.487. The average molecular weight is 290 g/mol. The molecule has 0 bridgehead atoms. The van der Waals surface area contributed by atoms with Gasteiger partial charge < -0.3 is 15.1 Å². The lowest BCUT2D eigenvalue weighted by atomic mass is 9.92. The third kappa shape index (κ3) is 4.10. The van der Waals surface area contributed by atoms with E-state index in [9.17, 15) is 10.2 Å². The highest BCUT2D eigenvalue weighted by Gasteiger charge is 2.24. The van der Waals surface area contributed by atoms with Gasteiger partial charge in [0.15, 0.2) is 0 Å². The molecule has 0 aliphatic carbocycles. The van der Waals surface area contributed by atoms with Crippen LogP contribution in [0.5, 0.6) is 0 Å². The third-order valence-corrected chi connectivity index (χ3v) is 3.45. The van der Waals surface area contributed by atoms with Crippen molar-refractivity contribution in [2.75, 3.05) is 26.8 Å². The maximum Gasteiger partial charge on any atom is 0.137 e. The molecule has 0 spiro atoms. The smallest absolute Gasteiger partial charge is 0.137 e. The minimum absolute atomic E-state index is 0.0361. The molecule has 2 rings (SSSR count). The van der Waals surface area contributed by atoms with Crippen molar-refractivity contribution in [3.8, 4) is 5.82 Å². The summed E-state index contributed by atoms with van der Waals surface area (Å²) in [5, 5.41) is 18.7. The Balaban J connectivity index is 1.97. The van der Waals surface area contributed by atoms with Crippen LogP contribution in [0, 0.1) is 5.41 Å². The van der Waals surface area contributed by atoms with Gasteiger partial charge in [-0.05, 0) is 18.7 Å². The van der Waals surface area contributed by atoms with Crippen LogP contribution in [0.1, 0.15) is 12.5 Å². The monoisotopic (exact) mass is 290 g/mol. The predicted octanol–water partition coefficient (Wildman–Crippen LogP) is 0.690. The molecule has 0 aliphatic heterocycles. The Morgan fingerprint density at radius 1 is 1.29 bits per heavy atom. The minimum Gasteiger partial charge on any atom is -0.396 e. The lowest BCUT2D eigenvalue weighted by Crippen LogP contribution is -2.38. The van der Waals surface area contributed by atoms with Gasteiger partial charge in [0, 0.05) is 37.1 Å². The van der Waals surface area contributed by atoms with Gasteiger partial charge in [0.2, 0.25) is 0 Å². The van der Waals surface area contributed by atoms with Crippen molar-refractivity contribution in [2.24, 2.45) is 5.41 Å². The standard InChI is InChI=1S/C15H22N4O2/c1-15(10-20,11-21)9-18(2)8-13-3-4-14(17-7-13)19-6-5-16-12-19/h3-7,12,20-21H,8-11H2,1-2H3. The van der Waals surface area contributed by atoms with Crippen molar-refractivity contribution in [3.63, 3.8) is 0 Å². The highest BCUT2D eigenvalue weighted by molar-refractivity contribution is 5.25. The lowest BCUT2D eigenvalue weighted by Gasteiger charge is -2.30. The second-order valence-corrected chi connectivity index (χ2v) is 5.79. The summed E-state index contributed by atoms with van der Waals surface area (Å²) in [6, 6.07) is 3.97. The number of aromatic nitrogens is 3. The van der Waals surface area contributed by atoms with E-state index in [1.807, 2.05) is 43.1 Å². The second-order valence-electron chi connectivity index (χ2n) is 5.79. The number of aliphatic hydroxyl groups is 2. The summed E-state index contributed by atoms with van der Waals surface area (Å²) < 4.78 is 1.85. The van der Waals surface area contributed by atoms with Crippen LogP contribution in [0.25, 0.3) is 5.82 Å². The van der Waals surface area contributed by atoms with E-state index in [0.29, 0.717) is 13.1 Å². The summed E-state index contributed by atoms with van der Waals surface area (Å²) in [7, 11) is 1.97. The van der Waals surface area contributed by atoms with Crippen LogP contribution in [0.2, 0.25) is 0 Å². The van der Waals surface area contributed by atoms with E-state index in [0.717, 1.165) is 11.4 Å². The van der Waals surface area contributed by atoms with Gasteiger partial charge in [-0.25, -0.2) is 9.97 Å². The number of hydrogen-bond donors (Lipinski definition) is 2. The Morgan fingerprint density at radius 3 is 2.57 bits per heavy atom. The molecule has 0 aliphatic rings. The predicted molar refractivity (Wildman–Crippen MR) is 80.0 cm³/mol. The summed E-state index contributed by atoms with van der Waals surface area (Å²) >= 11 is 0. The fraction of sp³-hybridized carbons (Fsp3) is 0.467. The van der Waals surface area contributed by atoms with Gasteiger partial charge in [0.05, 0.1) is 13.2 Å². The SMILES string of the molecule is CN(Cc1ccc(-n2ccnc2)nc1)CC(C)(CO)CO. The molecule has 0 amide bonds. The molecule has 2 aromatic rings. The summed E-state index contributed by atoms with van der Waals surface area (Å²) in [5.41, 5.74) is 0.596. The van der Waals surface area contributed by atoms with Crippen LogP contribution in [-0.4, -0.2) is 56.5 Å². The normalized spacial score (nSPS) is 12.0. The topological polar surface area (TPSA) is 74.4 Å². The molecular formula is C15H22N4O2. The fourth-order valence-electron chi connectivity index (χ4n) is 2.23. The zero-order valence-electron chi connectivity index (χ0n) is 12.5. The molecule has 2 N–H and O–H groups in total. The molecule has 0 unspecified atom stereocenters. The molecule has 21 heavy (non-hydrogen) atoms.